The van der Waals surface area contributed by atoms with E-state index in [0.717, 1.165) is 0 Å². The van der Waals surface area contributed by atoms with Crippen molar-refractivity contribution in [1.82, 2.24) is 0 Å². The van der Waals surface area contributed by atoms with E-state index in [4.69, 9.17) is 32.7 Å². The second kappa shape index (κ2) is 10.4. The maximum atomic E-state index is 13.3. The molecule has 0 radical (unpaired) electrons. The van der Waals surface area contributed by atoms with Crippen LogP contribution >= 0.6 is 23.2 Å². The fourth-order valence-corrected chi connectivity index (χ4v) is 4.32. The third-order valence-corrected chi connectivity index (χ3v) is 6.11. The number of carbonyl (C=O) groups excluding carboxylic acids is 2. The number of ether oxygens (including phenoxy) is 2. The molecule has 0 aliphatic carbocycles. The molecule has 35 heavy (non-hydrogen) atoms. The Hall–Kier alpha value is -3.48. The number of aliphatic hydroxyl groups excluding tert-OH is 1. The summed E-state index contributed by atoms with van der Waals surface area (Å²) in [5, 5.41) is 12.2. The van der Waals surface area contributed by atoms with E-state index in [2.05, 4.69) is 0 Å². The number of carbonyl (C=O) groups is 2. The number of amides is 1. The first-order valence-electron chi connectivity index (χ1n) is 11.1. The van der Waals surface area contributed by atoms with Crippen molar-refractivity contribution in [1.29, 1.82) is 0 Å². The van der Waals surface area contributed by atoms with Crippen molar-refractivity contribution in [3.05, 3.63) is 93.5 Å². The number of hydrogen-bond acceptors (Lipinski definition) is 5. The van der Waals surface area contributed by atoms with Crippen LogP contribution in [0.1, 0.15) is 31.0 Å². The van der Waals surface area contributed by atoms with Crippen LogP contribution in [0.25, 0.3) is 5.76 Å². The summed E-state index contributed by atoms with van der Waals surface area (Å²) in [5.41, 5.74) is 1.32. The molecule has 0 saturated carbocycles. The average molecular weight is 512 g/mol. The van der Waals surface area contributed by atoms with Crippen LogP contribution in [0.4, 0.5) is 5.69 Å². The van der Waals surface area contributed by atoms with Crippen LogP contribution in [-0.4, -0.2) is 30.0 Å². The van der Waals surface area contributed by atoms with Crippen molar-refractivity contribution in [2.24, 2.45) is 0 Å². The van der Waals surface area contributed by atoms with Gasteiger partial charge < -0.3 is 14.6 Å². The van der Waals surface area contributed by atoms with Crippen molar-refractivity contribution >= 4 is 46.3 Å². The Morgan fingerprint density at radius 1 is 0.943 bits per heavy atom. The number of rotatable bonds is 7. The Kier molecular flexibility index (Phi) is 7.34. The Bertz CT molecular complexity index is 1300. The highest BCUT2D eigenvalue weighted by atomic mass is 35.5. The number of ketones is 1. The molecule has 4 rings (SSSR count). The molecule has 180 valence electrons. The number of hydrogen-bond donors (Lipinski definition) is 1. The molecule has 1 aliphatic heterocycles. The van der Waals surface area contributed by atoms with Crippen molar-refractivity contribution in [3.8, 4) is 11.5 Å². The zero-order valence-corrected chi connectivity index (χ0v) is 20.6. The predicted molar refractivity (Wildman–Crippen MR) is 136 cm³/mol. The maximum absolute atomic E-state index is 13.3. The number of aliphatic hydroxyl groups is 1. The molecule has 1 aliphatic rings. The smallest absolute Gasteiger partial charge is 0.300 e. The number of benzene rings is 3. The fraction of sp³-hybridized carbons (Fsp3) is 0.185. The molecule has 8 heteroatoms. The fourth-order valence-electron chi connectivity index (χ4n) is 4.02. The molecule has 3 aromatic carbocycles. The van der Waals surface area contributed by atoms with E-state index in [1.54, 1.807) is 66.7 Å². The van der Waals surface area contributed by atoms with E-state index in [9.17, 15) is 14.7 Å². The summed E-state index contributed by atoms with van der Waals surface area (Å²) in [5.74, 6) is -0.985. The van der Waals surface area contributed by atoms with Crippen LogP contribution in [0.2, 0.25) is 10.0 Å². The van der Waals surface area contributed by atoms with Gasteiger partial charge in [0.15, 0.2) is 0 Å². The standard InChI is InChI=1S/C27H23Cl2NO5/c1-3-34-20-7-5-6-19(15-20)30-24(16-8-11-18(28)12-9-16)23(26(32)27(30)33)25(31)17-10-13-21(29)22(14-17)35-4-2/h5-15,24,31H,3-4H2,1-2H3/b25-23+. The highest BCUT2D eigenvalue weighted by molar-refractivity contribution is 6.51. The summed E-state index contributed by atoms with van der Waals surface area (Å²) < 4.78 is 11.1. The molecule has 6 nitrogen and oxygen atoms in total. The lowest BCUT2D eigenvalue weighted by Gasteiger charge is -2.26. The first-order valence-corrected chi connectivity index (χ1v) is 11.8. The molecule has 1 N–H and O–H groups in total. The van der Waals surface area contributed by atoms with E-state index < -0.39 is 17.7 Å². The normalized spacial score (nSPS) is 17.0. The first-order chi connectivity index (χ1) is 16.8. The minimum absolute atomic E-state index is 0.0519. The van der Waals surface area contributed by atoms with Gasteiger partial charge in [0, 0.05) is 22.3 Å². The average Bonchev–Trinajstić information content (AvgIpc) is 3.11. The van der Waals surface area contributed by atoms with E-state index in [0.29, 0.717) is 51.6 Å². The molecule has 3 aromatic rings. The van der Waals surface area contributed by atoms with Gasteiger partial charge in [-0.05, 0) is 61.9 Å². The molecule has 0 spiro atoms. The van der Waals surface area contributed by atoms with Gasteiger partial charge in [-0.3, -0.25) is 14.5 Å². The van der Waals surface area contributed by atoms with E-state index >= 15 is 0 Å². The molecule has 0 aromatic heterocycles. The second-order valence-electron chi connectivity index (χ2n) is 7.73. The maximum Gasteiger partial charge on any atom is 0.300 e. The first kappa shape index (κ1) is 24.6. The summed E-state index contributed by atoms with van der Waals surface area (Å²) in [6.45, 7) is 4.48. The van der Waals surface area contributed by atoms with Gasteiger partial charge in [0.2, 0.25) is 0 Å². The number of Topliss-reactive ketones (excluding diaryl/α,β-unsaturated/α-hetero) is 1. The van der Waals surface area contributed by atoms with E-state index in [1.165, 1.54) is 4.90 Å². The van der Waals surface area contributed by atoms with Crippen LogP contribution in [-0.2, 0) is 9.59 Å². The van der Waals surface area contributed by atoms with E-state index in [1.807, 2.05) is 13.8 Å². The third kappa shape index (κ3) is 4.85. The number of anilines is 1. The van der Waals surface area contributed by atoms with Gasteiger partial charge in [-0.25, -0.2) is 0 Å². The van der Waals surface area contributed by atoms with Crippen molar-refractivity contribution in [3.63, 3.8) is 0 Å². The van der Waals surface area contributed by atoms with Gasteiger partial charge in [-0.15, -0.1) is 0 Å². The minimum atomic E-state index is -0.893. The summed E-state index contributed by atoms with van der Waals surface area (Å²) in [6.07, 6.45) is 0. The summed E-state index contributed by atoms with van der Waals surface area (Å²) in [4.78, 5) is 28.0. The van der Waals surface area contributed by atoms with Crippen LogP contribution in [0.5, 0.6) is 11.5 Å². The van der Waals surface area contributed by atoms with Crippen molar-refractivity contribution < 1.29 is 24.2 Å². The highest BCUT2D eigenvalue weighted by Crippen LogP contribution is 2.43. The summed E-state index contributed by atoms with van der Waals surface area (Å²) in [7, 11) is 0. The topological polar surface area (TPSA) is 76.1 Å². The molecule has 1 amide bonds. The van der Waals surface area contributed by atoms with Crippen molar-refractivity contribution in [2.45, 2.75) is 19.9 Å². The molecule has 1 saturated heterocycles. The molecule has 1 unspecified atom stereocenters. The Balaban J connectivity index is 1.91. The third-order valence-electron chi connectivity index (χ3n) is 5.54. The zero-order valence-electron chi connectivity index (χ0n) is 19.1. The number of nitrogens with zero attached hydrogens (tertiary/aromatic N) is 1. The Morgan fingerprint density at radius 2 is 1.66 bits per heavy atom. The van der Waals surface area contributed by atoms with Gasteiger partial charge in [0.1, 0.15) is 17.3 Å². The monoisotopic (exact) mass is 511 g/mol. The Labute approximate surface area is 213 Å². The SMILES string of the molecule is CCOc1cccc(N2C(=O)C(=O)/C(=C(/O)c3ccc(Cl)c(OCC)c3)C2c2ccc(Cl)cc2)c1. The molecular formula is C27H23Cl2NO5. The lowest BCUT2D eigenvalue weighted by molar-refractivity contribution is -0.132. The second-order valence-corrected chi connectivity index (χ2v) is 8.57. The summed E-state index contributed by atoms with van der Waals surface area (Å²) in [6, 6.07) is 17.5. The molecule has 1 fully saturated rings. The molecule has 1 atom stereocenters. The van der Waals surface area contributed by atoms with Gasteiger partial charge >= 0.3 is 0 Å². The van der Waals surface area contributed by atoms with Crippen LogP contribution in [0.3, 0.4) is 0 Å². The zero-order chi connectivity index (χ0) is 25.1. The lowest BCUT2D eigenvalue weighted by atomic mass is 9.95. The van der Waals surface area contributed by atoms with Crippen molar-refractivity contribution in [2.75, 3.05) is 18.1 Å². The number of halogens is 2. The molecule has 0 bridgehead atoms. The highest BCUT2D eigenvalue weighted by Gasteiger charge is 2.47. The molecule has 1 heterocycles. The Morgan fingerprint density at radius 3 is 2.34 bits per heavy atom. The minimum Gasteiger partial charge on any atom is -0.507 e. The van der Waals surface area contributed by atoms with Crippen LogP contribution in [0, 0.1) is 0 Å². The summed E-state index contributed by atoms with van der Waals surface area (Å²) >= 11 is 12.3. The quantitative estimate of drug-likeness (QED) is 0.225. The largest absolute Gasteiger partial charge is 0.507 e. The molecular weight excluding hydrogens is 489 g/mol. The van der Waals surface area contributed by atoms with Crippen LogP contribution in [0.15, 0.2) is 72.3 Å². The predicted octanol–water partition coefficient (Wildman–Crippen LogP) is 6.42. The van der Waals surface area contributed by atoms with E-state index in [-0.39, 0.29) is 11.3 Å². The van der Waals surface area contributed by atoms with Crippen LogP contribution < -0.4 is 14.4 Å². The van der Waals surface area contributed by atoms with Gasteiger partial charge in [0.25, 0.3) is 11.7 Å². The van der Waals surface area contributed by atoms with Gasteiger partial charge in [0.05, 0.1) is 29.9 Å². The van der Waals surface area contributed by atoms with Gasteiger partial charge in [-0.1, -0.05) is 41.4 Å². The van der Waals surface area contributed by atoms with Gasteiger partial charge in [-0.2, -0.15) is 0 Å². The lowest BCUT2D eigenvalue weighted by Crippen LogP contribution is -2.29.